The van der Waals surface area contributed by atoms with Crippen LogP contribution < -0.4 is 61.8 Å². The van der Waals surface area contributed by atoms with E-state index in [0.717, 1.165) is 32.4 Å². The molecular formula is C7H12KNO2. The summed E-state index contributed by atoms with van der Waals surface area (Å²) < 4.78 is 0. The fraction of sp³-hybridized carbons (Fsp3) is 0.857. The molecule has 1 aliphatic heterocycles. The van der Waals surface area contributed by atoms with Gasteiger partial charge in [0.25, 0.3) is 0 Å². The largest absolute Gasteiger partial charge is 1.00 e. The summed E-state index contributed by atoms with van der Waals surface area (Å²) in [5.74, 6) is -1.10. The van der Waals surface area contributed by atoms with E-state index in [4.69, 9.17) is 0 Å². The van der Waals surface area contributed by atoms with Crippen LogP contribution in [0, 0.1) is 5.92 Å². The van der Waals surface area contributed by atoms with Gasteiger partial charge in [0.1, 0.15) is 0 Å². The zero-order valence-corrected chi connectivity index (χ0v) is 10.1. The first-order chi connectivity index (χ1) is 4.80. The molecule has 0 aromatic carbocycles. The minimum absolute atomic E-state index is 0. The van der Waals surface area contributed by atoms with Gasteiger partial charge in [0.2, 0.25) is 0 Å². The Balaban J connectivity index is 0.000001000. The van der Waals surface area contributed by atoms with Crippen LogP contribution in [0.1, 0.15) is 19.3 Å². The fourth-order valence-electron chi connectivity index (χ4n) is 1.25. The molecule has 4 heteroatoms. The van der Waals surface area contributed by atoms with E-state index in [1.54, 1.807) is 0 Å². The summed E-state index contributed by atoms with van der Waals surface area (Å²) >= 11 is 0. The van der Waals surface area contributed by atoms with Gasteiger partial charge in [0.15, 0.2) is 0 Å². The minimum Gasteiger partial charge on any atom is -0.550 e. The van der Waals surface area contributed by atoms with E-state index >= 15 is 0 Å². The Morgan fingerprint density at radius 1 is 1.36 bits per heavy atom. The molecule has 0 spiro atoms. The van der Waals surface area contributed by atoms with Gasteiger partial charge in [-0.15, -0.1) is 0 Å². The Morgan fingerprint density at radius 2 is 2.09 bits per heavy atom. The predicted octanol–water partition coefficient (Wildman–Crippen LogP) is -3.87. The van der Waals surface area contributed by atoms with Crippen LogP contribution in [0.2, 0.25) is 0 Å². The summed E-state index contributed by atoms with van der Waals surface area (Å²) in [6, 6.07) is 0. The summed E-state index contributed by atoms with van der Waals surface area (Å²) in [5, 5.41) is 13.5. The SMILES string of the molecule is O=C([O-])C1CCCNCC1.[K+]. The third-order valence-corrected chi connectivity index (χ3v) is 1.91. The summed E-state index contributed by atoms with van der Waals surface area (Å²) in [7, 11) is 0. The Morgan fingerprint density at radius 3 is 2.73 bits per heavy atom. The van der Waals surface area contributed by atoms with Crippen LogP contribution in [0.15, 0.2) is 0 Å². The van der Waals surface area contributed by atoms with Gasteiger partial charge in [-0.2, -0.15) is 0 Å². The zero-order chi connectivity index (χ0) is 7.40. The average molecular weight is 181 g/mol. The van der Waals surface area contributed by atoms with Crippen LogP contribution >= 0.6 is 0 Å². The smallest absolute Gasteiger partial charge is 0.550 e. The molecule has 3 nitrogen and oxygen atoms in total. The number of rotatable bonds is 1. The van der Waals surface area contributed by atoms with Gasteiger partial charge in [0.05, 0.1) is 0 Å². The molecule has 0 bridgehead atoms. The van der Waals surface area contributed by atoms with Crippen molar-refractivity contribution in [3.05, 3.63) is 0 Å². The Bertz CT molecular complexity index is 122. The van der Waals surface area contributed by atoms with Gasteiger partial charge in [-0.1, -0.05) is 0 Å². The maximum absolute atomic E-state index is 10.4. The molecule has 1 fully saturated rings. The van der Waals surface area contributed by atoms with Crippen LogP contribution in [-0.4, -0.2) is 19.1 Å². The fourth-order valence-corrected chi connectivity index (χ4v) is 1.25. The third-order valence-electron chi connectivity index (χ3n) is 1.91. The van der Waals surface area contributed by atoms with E-state index in [0.29, 0.717) is 0 Å². The van der Waals surface area contributed by atoms with Gasteiger partial charge in [0, 0.05) is 5.97 Å². The molecule has 0 radical (unpaired) electrons. The molecule has 1 heterocycles. The van der Waals surface area contributed by atoms with Gasteiger partial charge < -0.3 is 15.2 Å². The molecule has 0 aromatic rings. The Hall–Kier alpha value is 1.07. The van der Waals surface area contributed by atoms with E-state index < -0.39 is 5.97 Å². The summed E-state index contributed by atoms with van der Waals surface area (Å²) in [4.78, 5) is 10.4. The number of carboxylic acids is 1. The summed E-state index contributed by atoms with van der Waals surface area (Å²) in [6.45, 7) is 1.77. The third kappa shape index (κ3) is 4.60. The topological polar surface area (TPSA) is 52.2 Å². The van der Waals surface area contributed by atoms with Gasteiger partial charge in [-0.25, -0.2) is 0 Å². The number of carboxylic acid groups (broad SMARTS) is 1. The van der Waals surface area contributed by atoms with Crippen LogP contribution in [0.3, 0.4) is 0 Å². The molecule has 1 atom stereocenters. The number of aliphatic carboxylic acids is 1. The molecule has 11 heavy (non-hydrogen) atoms. The van der Waals surface area contributed by atoms with Gasteiger partial charge >= 0.3 is 51.4 Å². The first kappa shape index (κ1) is 12.1. The van der Waals surface area contributed by atoms with E-state index in [1.807, 2.05) is 0 Å². The second kappa shape index (κ2) is 6.57. The van der Waals surface area contributed by atoms with E-state index in [1.165, 1.54) is 0 Å². The second-order valence-corrected chi connectivity index (χ2v) is 2.70. The number of hydrogen-bond acceptors (Lipinski definition) is 3. The normalized spacial score (nSPS) is 24.9. The summed E-state index contributed by atoms with van der Waals surface area (Å²) in [6.07, 6.45) is 2.45. The molecule has 1 N–H and O–H groups in total. The van der Waals surface area contributed by atoms with Crippen LogP contribution in [-0.2, 0) is 4.79 Å². The second-order valence-electron chi connectivity index (χ2n) is 2.70. The maximum Gasteiger partial charge on any atom is 1.00 e. The van der Waals surface area contributed by atoms with Crippen molar-refractivity contribution in [2.24, 2.45) is 5.92 Å². The molecule has 58 valence electrons. The minimum atomic E-state index is -0.885. The molecule has 0 aliphatic carbocycles. The maximum atomic E-state index is 10.4. The van der Waals surface area contributed by atoms with Crippen molar-refractivity contribution in [3.63, 3.8) is 0 Å². The molecule has 0 amide bonds. The van der Waals surface area contributed by atoms with Crippen LogP contribution in [0.25, 0.3) is 0 Å². The van der Waals surface area contributed by atoms with E-state index in [2.05, 4.69) is 5.32 Å². The molecule has 0 aromatic heterocycles. The van der Waals surface area contributed by atoms with Crippen molar-refractivity contribution in [2.75, 3.05) is 13.1 Å². The van der Waals surface area contributed by atoms with Gasteiger partial charge in [-0.05, 0) is 38.3 Å². The van der Waals surface area contributed by atoms with Crippen molar-refractivity contribution in [3.8, 4) is 0 Å². The number of hydrogen-bond donors (Lipinski definition) is 1. The van der Waals surface area contributed by atoms with Crippen molar-refractivity contribution in [1.82, 2.24) is 5.32 Å². The monoisotopic (exact) mass is 181 g/mol. The molecule has 1 unspecified atom stereocenters. The van der Waals surface area contributed by atoms with E-state index in [-0.39, 0.29) is 57.3 Å². The molecule has 0 saturated carbocycles. The average Bonchev–Trinajstić information content (AvgIpc) is 2.12. The van der Waals surface area contributed by atoms with Crippen molar-refractivity contribution in [2.45, 2.75) is 19.3 Å². The zero-order valence-electron chi connectivity index (χ0n) is 6.93. The summed E-state index contributed by atoms with van der Waals surface area (Å²) in [5.41, 5.74) is 0. The number of nitrogens with one attached hydrogen (secondary N) is 1. The van der Waals surface area contributed by atoms with Crippen molar-refractivity contribution < 1.29 is 61.3 Å². The first-order valence-corrected chi connectivity index (χ1v) is 3.72. The predicted molar refractivity (Wildman–Crippen MR) is 35.2 cm³/mol. The Labute approximate surface area is 109 Å². The number of carbonyl (C=O) groups excluding carboxylic acids is 1. The van der Waals surface area contributed by atoms with Gasteiger partial charge in [-0.3, -0.25) is 0 Å². The standard InChI is InChI=1S/C7H13NO2.K/c9-7(10)6-2-1-4-8-5-3-6;/h6,8H,1-5H2,(H,9,10);/q;+1/p-1. The molecule has 1 rings (SSSR count). The van der Waals surface area contributed by atoms with Crippen molar-refractivity contribution >= 4 is 5.97 Å². The van der Waals surface area contributed by atoms with Crippen molar-refractivity contribution in [1.29, 1.82) is 0 Å². The van der Waals surface area contributed by atoms with Crippen LogP contribution in [0.4, 0.5) is 0 Å². The van der Waals surface area contributed by atoms with Crippen LogP contribution in [0.5, 0.6) is 0 Å². The molecular weight excluding hydrogens is 169 g/mol. The van der Waals surface area contributed by atoms with E-state index in [9.17, 15) is 9.90 Å². The molecule has 1 aliphatic rings. The molecule has 1 saturated heterocycles. The quantitative estimate of drug-likeness (QED) is 0.421. The number of carbonyl (C=O) groups is 1. The Kier molecular flexibility index (Phi) is 7.20. The first-order valence-electron chi connectivity index (χ1n) is 3.72.